The summed E-state index contributed by atoms with van der Waals surface area (Å²) in [4.78, 5) is 16.7. The number of rotatable bonds is 4. The average molecular weight is 422 g/mol. The maximum absolute atomic E-state index is 13.5. The second-order valence-corrected chi connectivity index (χ2v) is 8.17. The van der Waals surface area contributed by atoms with Crippen molar-refractivity contribution in [2.45, 2.75) is 25.8 Å². The second-order valence-electron chi connectivity index (χ2n) is 8.17. The van der Waals surface area contributed by atoms with Crippen LogP contribution in [0.2, 0.25) is 0 Å². The van der Waals surface area contributed by atoms with Crippen LogP contribution < -0.4 is 0 Å². The van der Waals surface area contributed by atoms with Gasteiger partial charge in [-0.05, 0) is 55.2 Å². The molecule has 160 valence electrons. The van der Waals surface area contributed by atoms with Crippen LogP contribution in [-0.4, -0.2) is 51.7 Å². The zero-order valence-electron chi connectivity index (χ0n) is 17.2. The first-order chi connectivity index (χ1) is 15.1. The molecule has 1 amide bonds. The quantitative estimate of drug-likeness (QED) is 0.645. The van der Waals surface area contributed by atoms with Crippen molar-refractivity contribution in [3.05, 3.63) is 82.7 Å². The van der Waals surface area contributed by atoms with Crippen molar-refractivity contribution in [3.63, 3.8) is 0 Å². The number of benzene rings is 2. The number of hydrogen-bond donors (Lipinski definition) is 0. The van der Waals surface area contributed by atoms with Gasteiger partial charge in [0.15, 0.2) is 11.6 Å². The fourth-order valence-electron chi connectivity index (χ4n) is 4.56. The molecule has 1 aliphatic carbocycles. The third-order valence-corrected chi connectivity index (χ3v) is 6.21. The van der Waals surface area contributed by atoms with Gasteiger partial charge in [0.25, 0.3) is 5.91 Å². The minimum absolute atomic E-state index is 0.187. The molecule has 0 atom stereocenters. The molecule has 31 heavy (non-hydrogen) atoms. The van der Waals surface area contributed by atoms with Crippen LogP contribution in [0.15, 0.2) is 48.5 Å². The van der Waals surface area contributed by atoms with Gasteiger partial charge in [-0.15, -0.1) is 0 Å². The SMILES string of the molecule is O=C(c1ccc(F)c(F)c1)N1CCN(Cc2nn(-c3ccccc3)c3c2CCC3)CC1. The van der Waals surface area contributed by atoms with E-state index in [2.05, 4.69) is 21.7 Å². The number of aromatic nitrogens is 2. The lowest BCUT2D eigenvalue weighted by Crippen LogP contribution is -2.48. The summed E-state index contributed by atoms with van der Waals surface area (Å²) < 4.78 is 28.7. The summed E-state index contributed by atoms with van der Waals surface area (Å²) in [6, 6.07) is 13.5. The first kappa shape index (κ1) is 19.9. The minimum Gasteiger partial charge on any atom is -0.336 e. The fourth-order valence-corrected chi connectivity index (χ4v) is 4.56. The predicted molar refractivity (Wildman–Crippen MR) is 113 cm³/mol. The number of nitrogens with zero attached hydrogens (tertiary/aromatic N) is 4. The van der Waals surface area contributed by atoms with Crippen LogP contribution in [0.5, 0.6) is 0 Å². The largest absolute Gasteiger partial charge is 0.336 e. The van der Waals surface area contributed by atoms with E-state index >= 15 is 0 Å². The molecule has 3 aromatic rings. The van der Waals surface area contributed by atoms with Crippen LogP contribution in [0.4, 0.5) is 8.78 Å². The van der Waals surface area contributed by atoms with Crippen LogP contribution in [0.3, 0.4) is 0 Å². The van der Waals surface area contributed by atoms with Gasteiger partial charge in [0, 0.05) is 44.0 Å². The van der Waals surface area contributed by atoms with E-state index in [1.807, 2.05) is 18.2 Å². The number of halogens is 2. The molecule has 0 unspecified atom stereocenters. The Morgan fingerprint density at radius 1 is 0.935 bits per heavy atom. The lowest BCUT2D eigenvalue weighted by Gasteiger charge is -2.34. The van der Waals surface area contributed by atoms with E-state index in [4.69, 9.17) is 5.10 Å². The standard InChI is InChI=1S/C24H24F2N4O/c25-20-10-9-17(15-21(20)26)24(31)29-13-11-28(12-14-29)16-22-19-7-4-8-23(19)30(27-22)18-5-2-1-3-6-18/h1-3,5-6,9-10,15H,4,7-8,11-14,16H2. The Morgan fingerprint density at radius 2 is 1.71 bits per heavy atom. The minimum atomic E-state index is -0.993. The molecule has 1 saturated heterocycles. The third kappa shape index (κ3) is 3.85. The molecule has 1 aliphatic heterocycles. The Kier molecular flexibility index (Phi) is 5.28. The van der Waals surface area contributed by atoms with E-state index in [0.29, 0.717) is 13.1 Å². The molecule has 1 fully saturated rings. The number of carbonyl (C=O) groups excluding carboxylic acids is 1. The molecule has 0 radical (unpaired) electrons. The normalized spacial score (nSPS) is 16.5. The maximum Gasteiger partial charge on any atom is 0.254 e. The van der Waals surface area contributed by atoms with Crippen molar-refractivity contribution in [1.29, 1.82) is 0 Å². The molecular weight excluding hydrogens is 398 g/mol. The summed E-state index contributed by atoms with van der Waals surface area (Å²) in [5, 5.41) is 4.93. The maximum atomic E-state index is 13.5. The molecule has 2 aromatic carbocycles. The first-order valence-electron chi connectivity index (χ1n) is 10.7. The van der Waals surface area contributed by atoms with Crippen LogP contribution in [0, 0.1) is 11.6 Å². The zero-order chi connectivity index (χ0) is 21.4. The first-order valence-corrected chi connectivity index (χ1v) is 10.7. The highest BCUT2D eigenvalue weighted by molar-refractivity contribution is 5.94. The topological polar surface area (TPSA) is 41.4 Å². The Labute approximate surface area is 179 Å². The summed E-state index contributed by atoms with van der Waals surface area (Å²) in [7, 11) is 0. The summed E-state index contributed by atoms with van der Waals surface area (Å²) in [6.45, 7) is 3.32. The van der Waals surface area contributed by atoms with E-state index in [9.17, 15) is 13.6 Å². The molecule has 0 bridgehead atoms. The predicted octanol–water partition coefficient (Wildman–Crippen LogP) is 3.60. The van der Waals surface area contributed by atoms with Gasteiger partial charge < -0.3 is 4.90 Å². The van der Waals surface area contributed by atoms with Gasteiger partial charge in [-0.3, -0.25) is 9.69 Å². The Hall–Kier alpha value is -3.06. The van der Waals surface area contributed by atoms with Crippen molar-refractivity contribution in [2.75, 3.05) is 26.2 Å². The number of para-hydroxylation sites is 1. The summed E-state index contributed by atoms with van der Waals surface area (Å²) in [5.74, 6) is -2.19. The zero-order valence-corrected chi connectivity index (χ0v) is 17.2. The van der Waals surface area contributed by atoms with Crippen LogP contribution in [0.1, 0.15) is 33.7 Å². The number of amides is 1. The number of fused-ring (bicyclic) bond motifs is 1. The highest BCUT2D eigenvalue weighted by Crippen LogP contribution is 2.28. The molecule has 2 aliphatic rings. The number of piperazine rings is 1. The van der Waals surface area contributed by atoms with Crippen LogP contribution >= 0.6 is 0 Å². The van der Waals surface area contributed by atoms with E-state index in [1.165, 1.54) is 17.3 Å². The van der Waals surface area contributed by atoms with Crippen LogP contribution in [-0.2, 0) is 19.4 Å². The molecule has 5 rings (SSSR count). The van der Waals surface area contributed by atoms with Crippen molar-refractivity contribution in [2.24, 2.45) is 0 Å². The summed E-state index contributed by atoms with van der Waals surface area (Å²) in [6.07, 6.45) is 3.27. The molecular formula is C24H24F2N4O. The van der Waals surface area contributed by atoms with Gasteiger partial charge in [0.05, 0.1) is 11.4 Å². The van der Waals surface area contributed by atoms with Gasteiger partial charge in [-0.1, -0.05) is 18.2 Å². The highest BCUT2D eigenvalue weighted by atomic mass is 19.2. The summed E-state index contributed by atoms with van der Waals surface area (Å²) in [5.41, 5.74) is 5.08. The monoisotopic (exact) mass is 422 g/mol. The Bertz CT molecular complexity index is 1100. The molecule has 0 saturated carbocycles. The van der Waals surface area contributed by atoms with E-state index < -0.39 is 11.6 Å². The van der Waals surface area contributed by atoms with Crippen molar-refractivity contribution < 1.29 is 13.6 Å². The molecule has 7 heteroatoms. The van der Waals surface area contributed by atoms with Gasteiger partial charge in [-0.2, -0.15) is 5.10 Å². The molecule has 1 aromatic heterocycles. The van der Waals surface area contributed by atoms with Gasteiger partial charge >= 0.3 is 0 Å². The molecule has 0 spiro atoms. The molecule has 2 heterocycles. The highest BCUT2D eigenvalue weighted by Gasteiger charge is 2.27. The van der Waals surface area contributed by atoms with Crippen molar-refractivity contribution in [3.8, 4) is 5.69 Å². The van der Waals surface area contributed by atoms with Gasteiger partial charge in [-0.25, -0.2) is 13.5 Å². The summed E-state index contributed by atoms with van der Waals surface area (Å²) >= 11 is 0. The van der Waals surface area contributed by atoms with Crippen molar-refractivity contribution in [1.82, 2.24) is 19.6 Å². The van der Waals surface area contributed by atoms with Crippen LogP contribution in [0.25, 0.3) is 5.69 Å². The Morgan fingerprint density at radius 3 is 2.45 bits per heavy atom. The van der Waals surface area contributed by atoms with Gasteiger partial charge in [0.1, 0.15) is 0 Å². The average Bonchev–Trinajstić information content (AvgIpc) is 3.40. The van der Waals surface area contributed by atoms with Gasteiger partial charge in [0.2, 0.25) is 0 Å². The second kappa shape index (κ2) is 8.23. The lowest BCUT2D eigenvalue weighted by atomic mass is 10.1. The molecule has 0 N–H and O–H groups in total. The van der Waals surface area contributed by atoms with E-state index in [1.54, 1.807) is 4.90 Å². The number of carbonyl (C=O) groups is 1. The molecule has 5 nitrogen and oxygen atoms in total. The number of hydrogen-bond acceptors (Lipinski definition) is 3. The fraction of sp³-hybridized carbons (Fsp3) is 0.333. The lowest BCUT2D eigenvalue weighted by molar-refractivity contribution is 0.0626. The van der Waals surface area contributed by atoms with Crippen molar-refractivity contribution >= 4 is 5.91 Å². The van der Waals surface area contributed by atoms with E-state index in [-0.39, 0.29) is 11.5 Å². The van der Waals surface area contributed by atoms with E-state index in [0.717, 1.165) is 62.4 Å². The third-order valence-electron chi connectivity index (χ3n) is 6.21. The smallest absolute Gasteiger partial charge is 0.254 e. The Balaban J connectivity index is 1.26.